The van der Waals surface area contributed by atoms with Gasteiger partial charge in [-0.3, -0.25) is 0 Å². The van der Waals surface area contributed by atoms with Crippen LogP contribution in [0.3, 0.4) is 0 Å². The minimum absolute atomic E-state index is 0.344. The maximum absolute atomic E-state index is 10.1. The summed E-state index contributed by atoms with van der Waals surface area (Å²) in [5.41, 5.74) is 1.17. The molecule has 0 amide bonds. The van der Waals surface area contributed by atoms with Crippen LogP contribution in [0.1, 0.15) is 31.2 Å². The molecule has 2 N–H and O–H groups in total. The van der Waals surface area contributed by atoms with Crippen LogP contribution in [0.25, 0.3) is 0 Å². The van der Waals surface area contributed by atoms with Crippen LogP contribution in [0.15, 0.2) is 24.3 Å². The number of aliphatic hydroxyl groups excluding tert-OH is 1. The van der Waals surface area contributed by atoms with Crippen LogP contribution in [0.5, 0.6) is 5.75 Å². The molecule has 1 atom stereocenters. The van der Waals surface area contributed by atoms with Gasteiger partial charge in [-0.2, -0.15) is 0 Å². The van der Waals surface area contributed by atoms with E-state index in [1.165, 1.54) is 50.9 Å². The number of hydrogen-bond acceptors (Lipinski definition) is 4. The van der Waals surface area contributed by atoms with E-state index in [2.05, 4.69) is 10.2 Å². The van der Waals surface area contributed by atoms with E-state index in [1.807, 2.05) is 31.2 Å². The lowest BCUT2D eigenvalue weighted by Crippen LogP contribution is -2.45. The van der Waals surface area contributed by atoms with E-state index in [0.717, 1.165) is 11.7 Å². The number of piperidine rings is 1. The van der Waals surface area contributed by atoms with Crippen LogP contribution in [0.4, 0.5) is 0 Å². The first-order valence-electron chi connectivity index (χ1n) is 9.02. The second kappa shape index (κ2) is 8.13. The van der Waals surface area contributed by atoms with Crippen molar-refractivity contribution >= 4 is 0 Å². The zero-order chi connectivity index (χ0) is 16.1. The number of likely N-dealkylation sites (tertiary alicyclic amines) is 1. The van der Waals surface area contributed by atoms with Gasteiger partial charge in [0.25, 0.3) is 0 Å². The molecule has 23 heavy (non-hydrogen) atoms. The SMILES string of the molecule is Cc1cccc(OCC(O)CNC2CCN(CC3CC3)CC2)c1. The highest BCUT2D eigenvalue weighted by molar-refractivity contribution is 5.27. The molecular weight excluding hydrogens is 288 g/mol. The lowest BCUT2D eigenvalue weighted by Gasteiger charge is -2.32. The molecule has 1 saturated heterocycles. The summed E-state index contributed by atoms with van der Waals surface area (Å²) in [7, 11) is 0. The van der Waals surface area contributed by atoms with Crippen LogP contribution < -0.4 is 10.1 Å². The van der Waals surface area contributed by atoms with Gasteiger partial charge in [0.05, 0.1) is 0 Å². The van der Waals surface area contributed by atoms with Crippen molar-refractivity contribution in [1.82, 2.24) is 10.2 Å². The smallest absolute Gasteiger partial charge is 0.119 e. The molecule has 0 bridgehead atoms. The second-order valence-corrected chi connectivity index (χ2v) is 7.21. The standard InChI is InChI=1S/C19H30N2O2/c1-15-3-2-4-19(11-15)23-14-18(22)12-20-17-7-9-21(10-8-17)13-16-5-6-16/h2-4,11,16-18,20,22H,5-10,12-14H2,1H3. The zero-order valence-electron chi connectivity index (χ0n) is 14.2. The maximum Gasteiger partial charge on any atom is 0.119 e. The summed E-state index contributed by atoms with van der Waals surface area (Å²) in [6.45, 7) is 6.70. The average molecular weight is 318 g/mol. The number of aryl methyl sites for hydroxylation is 1. The van der Waals surface area contributed by atoms with Crippen molar-refractivity contribution in [1.29, 1.82) is 0 Å². The van der Waals surface area contributed by atoms with E-state index in [-0.39, 0.29) is 0 Å². The Morgan fingerprint density at radius 1 is 1.26 bits per heavy atom. The Hall–Kier alpha value is -1.10. The molecule has 1 aromatic rings. The Morgan fingerprint density at radius 3 is 2.74 bits per heavy atom. The summed E-state index contributed by atoms with van der Waals surface area (Å²) in [4.78, 5) is 2.60. The van der Waals surface area contributed by atoms with E-state index >= 15 is 0 Å². The number of hydrogen-bond donors (Lipinski definition) is 2. The van der Waals surface area contributed by atoms with Gasteiger partial charge in [-0.15, -0.1) is 0 Å². The molecule has 128 valence electrons. The third-order valence-electron chi connectivity index (χ3n) is 4.87. The highest BCUT2D eigenvalue weighted by Gasteiger charge is 2.27. The summed E-state index contributed by atoms with van der Waals surface area (Å²) in [6, 6.07) is 8.49. The maximum atomic E-state index is 10.1. The molecule has 3 rings (SSSR count). The zero-order valence-corrected chi connectivity index (χ0v) is 14.2. The van der Waals surface area contributed by atoms with Crippen LogP contribution in [0.2, 0.25) is 0 Å². The molecular formula is C19H30N2O2. The first kappa shape index (κ1) is 16.7. The van der Waals surface area contributed by atoms with Crippen molar-refractivity contribution in [2.45, 2.75) is 44.8 Å². The molecule has 1 aliphatic heterocycles. The van der Waals surface area contributed by atoms with Crippen molar-refractivity contribution < 1.29 is 9.84 Å². The van der Waals surface area contributed by atoms with Crippen LogP contribution in [-0.2, 0) is 0 Å². The first-order valence-corrected chi connectivity index (χ1v) is 9.02. The van der Waals surface area contributed by atoms with E-state index in [0.29, 0.717) is 19.2 Å². The number of nitrogens with one attached hydrogen (secondary N) is 1. The van der Waals surface area contributed by atoms with Gasteiger partial charge >= 0.3 is 0 Å². The van der Waals surface area contributed by atoms with E-state index < -0.39 is 6.10 Å². The summed E-state index contributed by atoms with van der Waals surface area (Å²) < 4.78 is 5.66. The second-order valence-electron chi connectivity index (χ2n) is 7.21. The minimum Gasteiger partial charge on any atom is -0.491 e. The van der Waals surface area contributed by atoms with E-state index in [4.69, 9.17) is 4.74 Å². The Labute approximate surface area is 139 Å². The van der Waals surface area contributed by atoms with Gasteiger partial charge in [0.15, 0.2) is 0 Å². The van der Waals surface area contributed by atoms with Gasteiger partial charge in [0, 0.05) is 19.1 Å². The van der Waals surface area contributed by atoms with Crippen LogP contribution in [-0.4, -0.2) is 54.9 Å². The summed E-state index contributed by atoms with van der Waals surface area (Å²) in [6.07, 6.45) is 4.80. The number of rotatable bonds is 8. The van der Waals surface area contributed by atoms with Gasteiger partial charge in [0.1, 0.15) is 18.5 Å². The fourth-order valence-electron chi connectivity index (χ4n) is 3.24. The third kappa shape index (κ3) is 5.79. The molecule has 4 nitrogen and oxygen atoms in total. The fraction of sp³-hybridized carbons (Fsp3) is 0.684. The summed E-state index contributed by atoms with van der Waals surface area (Å²) in [5.74, 6) is 1.82. The largest absolute Gasteiger partial charge is 0.491 e. The summed E-state index contributed by atoms with van der Waals surface area (Å²) in [5, 5.41) is 13.6. The Kier molecular flexibility index (Phi) is 5.92. The quantitative estimate of drug-likeness (QED) is 0.771. The molecule has 1 unspecified atom stereocenters. The third-order valence-corrected chi connectivity index (χ3v) is 4.87. The molecule has 0 radical (unpaired) electrons. The van der Waals surface area contributed by atoms with Crippen molar-refractivity contribution in [2.75, 3.05) is 32.8 Å². The molecule has 2 aliphatic rings. The van der Waals surface area contributed by atoms with Gasteiger partial charge in [-0.25, -0.2) is 0 Å². The Morgan fingerprint density at radius 2 is 2.04 bits per heavy atom. The number of aliphatic hydroxyl groups is 1. The molecule has 2 fully saturated rings. The van der Waals surface area contributed by atoms with Gasteiger partial charge in [-0.1, -0.05) is 12.1 Å². The highest BCUT2D eigenvalue weighted by Crippen LogP contribution is 2.30. The van der Waals surface area contributed by atoms with Crippen LogP contribution >= 0.6 is 0 Å². The topological polar surface area (TPSA) is 44.7 Å². The average Bonchev–Trinajstić information content (AvgIpc) is 3.36. The van der Waals surface area contributed by atoms with Crippen molar-refractivity contribution in [3.05, 3.63) is 29.8 Å². The molecule has 0 spiro atoms. The first-order chi connectivity index (χ1) is 11.2. The Balaban J connectivity index is 1.29. The predicted molar refractivity (Wildman–Crippen MR) is 92.9 cm³/mol. The van der Waals surface area contributed by atoms with Crippen molar-refractivity contribution in [3.8, 4) is 5.75 Å². The molecule has 4 heteroatoms. The van der Waals surface area contributed by atoms with Gasteiger partial charge < -0.3 is 20.1 Å². The van der Waals surface area contributed by atoms with E-state index in [9.17, 15) is 5.11 Å². The highest BCUT2D eigenvalue weighted by atomic mass is 16.5. The van der Waals surface area contributed by atoms with Gasteiger partial charge in [0.2, 0.25) is 0 Å². The molecule has 1 aliphatic carbocycles. The number of nitrogens with zero attached hydrogens (tertiary/aromatic N) is 1. The van der Waals surface area contributed by atoms with Crippen LogP contribution in [0, 0.1) is 12.8 Å². The van der Waals surface area contributed by atoms with E-state index in [1.54, 1.807) is 0 Å². The number of benzene rings is 1. The van der Waals surface area contributed by atoms with Crippen molar-refractivity contribution in [2.24, 2.45) is 5.92 Å². The van der Waals surface area contributed by atoms with Crippen molar-refractivity contribution in [3.63, 3.8) is 0 Å². The molecule has 1 saturated carbocycles. The monoisotopic (exact) mass is 318 g/mol. The molecule has 1 aromatic carbocycles. The normalized spacial score (nSPS) is 21.3. The minimum atomic E-state index is -0.458. The summed E-state index contributed by atoms with van der Waals surface area (Å²) >= 11 is 0. The molecule has 1 heterocycles. The lowest BCUT2D eigenvalue weighted by molar-refractivity contribution is 0.0980. The van der Waals surface area contributed by atoms with Gasteiger partial charge in [-0.05, 0) is 69.3 Å². The fourth-order valence-corrected chi connectivity index (χ4v) is 3.24. The predicted octanol–water partition coefficient (Wildman–Crippen LogP) is 2.20. The number of ether oxygens (including phenoxy) is 1. The Bertz CT molecular complexity index is 482. The molecule has 0 aromatic heterocycles. The lowest BCUT2D eigenvalue weighted by atomic mass is 10.0.